The molecule has 7 heteroatoms. The molecule has 2 aromatic rings. The average Bonchev–Trinajstić information content (AvgIpc) is 3.77. The van der Waals surface area contributed by atoms with Crippen LogP contribution in [0.4, 0.5) is 0 Å². The topological polar surface area (TPSA) is 92.6 Å². The Morgan fingerprint density at radius 3 is 2.43 bits per heavy atom. The van der Waals surface area contributed by atoms with Crippen molar-refractivity contribution in [2.24, 2.45) is 46.3 Å². The van der Waals surface area contributed by atoms with Crippen LogP contribution in [-0.4, -0.2) is 58.0 Å². The predicted octanol–water partition coefficient (Wildman–Crippen LogP) is 6.41. The maximum atomic E-state index is 13.8. The SMILES string of the molecule is CC(C)C1=CC2CC(C=O)([C@@H]3CC[C@@H](C)C3C)C1(C(=O)O)C2C1CCC(CN(C)C(Cc2ccccn2)c2ccccn2)O1. The van der Waals surface area contributed by atoms with Gasteiger partial charge in [0.15, 0.2) is 0 Å². The summed E-state index contributed by atoms with van der Waals surface area (Å²) in [6.07, 6.45) is 11.8. The second-order valence-corrected chi connectivity index (χ2v) is 14.6. The molecule has 10 atom stereocenters. The summed E-state index contributed by atoms with van der Waals surface area (Å²) in [5.74, 6) is -0.0525. The lowest BCUT2D eigenvalue weighted by molar-refractivity contribution is -0.167. The van der Waals surface area contributed by atoms with Crippen molar-refractivity contribution in [1.82, 2.24) is 14.9 Å². The van der Waals surface area contributed by atoms with Gasteiger partial charge in [-0.05, 0) is 86.6 Å². The van der Waals surface area contributed by atoms with E-state index in [4.69, 9.17) is 4.74 Å². The summed E-state index contributed by atoms with van der Waals surface area (Å²) >= 11 is 0. The quantitative estimate of drug-likeness (QED) is 0.236. The molecule has 0 amide bonds. The minimum atomic E-state index is -1.21. The molecule has 4 aliphatic rings. The fourth-order valence-electron chi connectivity index (χ4n) is 10.1. The normalized spacial score (nSPS) is 37.1. The van der Waals surface area contributed by atoms with Crippen molar-refractivity contribution in [3.05, 3.63) is 71.8 Å². The Kier molecular flexibility index (Phi) is 8.57. The Bertz CT molecular complexity index is 1370. The number of hydrogen-bond donors (Lipinski definition) is 1. The lowest BCUT2D eigenvalue weighted by Gasteiger charge is -2.50. The summed E-state index contributed by atoms with van der Waals surface area (Å²) in [7, 11) is 2.12. The minimum Gasteiger partial charge on any atom is -0.481 e. The van der Waals surface area contributed by atoms with Crippen LogP contribution >= 0.6 is 0 Å². The number of carbonyl (C=O) groups excluding carboxylic acids is 1. The number of allylic oxidation sites excluding steroid dienone is 1. The molecule has 3 heterocycles. The summed E-state index contributed by atoms with van der Waals surface area (Å²) in [5, 5.41) is 11.3. The molecule has 6 rings (SSSR count). The van der Waals surface area contributed by atoms with Gasteiger partial charge in [-0.15, -0.1) is 0 Å². The third kappa shape index (κ3) is 4.86. The van der Waals surface area contributed by atoms with Crippen molar-refractivity contribution in [2.75, 3.05) is 13.6 Å². The van der Waals surface area contributed by atoms with Crippen molar-refractivity contribution >= 4 is 12.3 Å². The number of likely N-dealkylation sites (N-methyl/N-ethyl adjacent to an activating group) is 1. The first-order chi connectivity index (χ1) is 21.1. The molecule has 8 unspecified atom stereocenters. The molecule has 7 nitrogen and oxygen atoms in total. The Hall–Kier alpha value is -2.90. The molecular weight excluding hydrogens is 550 g/mol. The Balaban J connectivity index is 1.27. The van der Waals surface area contributed by atoms with E-state index in [0.29, 0.717) is 24.8 Å². The van der Waals surface area contributed by atoms with Crippen LogP contribution < -0.4 is 0 Å². The monoisotopic (exact) mass is 599 g/mol. The maximum absolute atomic E-state index is 13.8. The number of aromatic nitrogens is 2. The van der Waals surface area contributed by atoms with E-state index in [1.807, 2.05) is 36.7 Å². The third-order valence-electron chi connectivity index (χ3n) is 12.1. The third-order valence-corrected chi connectivity index (χ3v) is 12.1. The highest BCUT2D eigenvalue weighted by Crippen LogP contribution is 2.74. The van der Waals surface area contributed by atoms with Gasteiger partial charge in [-0.3, -0.25) is 19.7 Å². The zero-order chi connectivity index (χ0) is 31.2. The number of aldehydes is 1. The van der Waals surface area contributed by atoms with Gasteiger partial charge >= 0.3 is 5.97 Å². The van der Waals surface area contributed by atoms with Gasteiger partial charge in [0.05, 0.1) is 23.9 Å². The molecule has 0 radical (unpaired) electrons. The number of hydrogen-bond acceptors (Lipinski definition) is 6. The molecule has 1 aliphatic heterocycles. The first-order valence-electron chi connectivity index (χ1n) is 16.7. The van der Waals surface area contributed by atoms with E-state index in [1.165, 1.54) is 0 Å². The molecular formula is C37H49N3O4. The van der Waals surface area contributed by atoms with Crippen molar-refractivity contribution < 1.29 is 19.4 Å². The van der Waals surface area contributed by atoms with E-state index in [2.05, 4.69) is 67.8 Å². The smallest absolute Gasteiger partial charge is 0.315 e. The van der Waals surface area contributed by atoms with Gasteiger partial charge in [0.2, 0.25) is 0 Å². The lowest BCUT2D eigenvalue weighted by Crippen LogP contribution is -2.56. The maximum Gasteiger partial charge on any atom is 0.315 e. The number of pyridine rings is 2. The summed E-state index contributed by atoms with van der Waals surface area (Å²) in [6.45, 7) is 9.40. The largest absolute Gasteiger partial charge is 0.481 e. The van der Waals surface area contributed by atoms with Crippen LogP contribution in [0, 0.1) is 46.3 Å². The number of nitrogens with zero attached hydrogens (tertiary/aromatic N) is 3. The Morgan fingerprint density at radius 1 is 1.09 bits per heavy atom. The van der Waals surface area contributed by atoms with Gasteiger partial charge in [-0.1, -0.05) is 57.9 Å². The molecule has 3 aliphatic carbocycles. The number of aliphatic carboxylic acids is 1. The standard InChI is InChI=1S/C37H49N3O4/c1-23(2)30-18-26-20-36(22-41,29-14-12-24(3)25(29)4)37(30,35(42)43)34(26)33-15-13-28(44-33)21-40(5)32(31-11-7-9-17-39-31)19-27-10-6-8-16-38-27/h6-11,16-18,22-26,28-29,32-34H,12-15,19-21H2,1-5H3,(H,42,43)/t24-,25?,26?,28?,29-,32?,33?,34?,36?,37?/m1/s1. The molecule has 2 aromatic heterocycles. The van der Waals surface area contributed by atoms with Gasteiger partial charge < -0.3 is 14.6 Å². The van der Waals surface area contributed by atoms with E-state index >= 15 is 0 Å². The summed E-state index contributed by atoms with van der Waals surface area (Å²) in [5.41, 5.74) is 0.865. The first-order valence-corrected chi connectivity index (χ1v) is 16.7. The highest BCUT2D eigenvalue weighted by atomic mass is 16.5. The fourth-order valence-corrected chi connectivity index (χ4v) is 10.1. The van der Waals surface area contributed by atoms with Crippen molar-refractivity contribution in [2.45, 2.75) is 84.5 Å². The lowest BCUT2D eigenvalue weighted by atomic mass is 9.51. The van der Waals surface area contributed by atoms with E-state index < -0.39 is 16.8 Å². The van der Waals surface area contributed by atoms with E-state index in [1.54, 1.807) is 0 Å². The number of carbonyl (C=O) groups is 2. The van der Waals surface area contributed by atoms with Gasteiger partial charge in [0, 0.05) is 42.4 Å². The van der Waals surface area contributed by atoms with Crippen LogP contribution in [0.25, 0.3) is 0 Å². The zero-order valence-corrected chi connectivity index (χ0v) is 26.9. The number of carboxylic acids is 1. The molecule has 44 heavy (non-hydrogen) atoms. The van der Waals surface area contributed by atoms with Gasteiger partial charge in [0.25, 0.3) is 0 Å². The minimum absolute atomic E-state index is 0.0238. The van der Waals surface area contributed by atoms with Crippen LogP contribution in [0.3, 0.4) is 0 Å². The van der Waals surface area contributed by atoms with Crippen LogP contribution in [0.5, 0.6) is 0 Å². The van der Waals surface area contributed by atoms with Crippen LogP contribution in [0.1, 0.15) is 77.2 Å². The van der Waals surface area contributed by atoms with E-state index in [0.717, 1.165) is 55.4 Å². The summed E-state index contributed by atoms with van der Waals surface area (Å²) in [6, 6.07) is 12.1. The molecule has 236 valence electrons. The second kappa shape index (κ2) is 12.1. The Labute approximate surface area is 262 Å². The molecule has 1 N–H and O–H groups in total. The van der Waals surface area contributed by atoms with E-state index in [-0.39, 0.29) is 41.9 Å². The molecule has 0 spiro atoms. The zero-order valence-electron chi connectivity index (χ0n) is 26.9. The highest BCUT2D eigenvalue weighted by molar-refractivity contribution is 5.89. The predicted molar refractivity (Wildman–Crippen MR) is 170 cm³/mol. The van der Waals surface area contributed by atoms with Gasteiger partial charge in [0.1, 0.15) is 11.7 Å². The van der Waals surface area contributed by atoms with Crippen LogP contribution in [0.2, 0.25) is 0 Å². The molecule has 2 bridgehead atoms. The van der Waals surface area contributed by atoms with Gasteiger partial charge in [-0.2, -0.15) is 0 Å². The number of fused-ring (bicyclic) bond motifs is 2. The van der Waals surface area contributed by atoms with Crippen molar-refractivity contribution in [1.29, 1.82) is 0 Å². The van der Waals surface area contributed by atoms with Crippen molar-refractivity contribution in [3.63, 3.8) is 0 Å². The summed E-state index contributed by atoms with van der Waals surface area (Å²) in [4.78, 5) is 38.8. The number of carboxylic acid groups (broad SMARTS) is 1. The van der Waals surface area contributed by atoms with Crippen LogP contribution in [-0.2, 0) is 20.7 Å². The first kappa shape index (κ1) is 31.1. The van der Waals surface area contributed by atoms with Crippen LogP contribution in [0.15, 0.2) is 60.4 Å². The average molecular weight is 600 g/mol. The molecule has 0 aromatic carbocycles. The number of ether oxygens (including phenoxy) is 1. The Morgan fingerprint density at radius 2 is 1.84 bits per heavy atom. The second-order valence-electron chi connectivity index (χ2n) is 14.6. The summed E-state index contributed by atoms with van der Waals surface area (Å²) < 4.78 is 6.89. The molecule has 1 saturated heterocycles. The van der Waals surface area contributed by atoms with E-state index in [9.17, 15) is 14.7 Å². The molecule has 2 saturated carbocycles. The highest BCUT2D eigenvalue weighted by Gasteiger charge is 2.76. The van der Waals surface area contributed by atoms with Crippen molar-refractivity contribution in [3.8, 4) is 0 Å². The number of rotatable bonds is 11. The van der Waals surface area contributed by atoms with Gasteiger partial charge in [-0.25, -0.2) is 0 Å². The fraction of sp³-hybridized carbons (Fsp3) is 0.622. The molecule has 3 fully saturated rings.